The summed E-state index contributed by atoms with van der Waals surface area (Å²) in [6.07, 6.45) is 2.01. The first-order valence-corrected chi connectivity index (χ1v) is 8.27. The van der Waals surface area contributed by atoms with Gasteiger partial charge in [-0.2, -0.15) is 0 Å². The Bertz CT molecular complexity index is 657. The van der Waals surface area contributed by atoms with Crippen LogP contribution in [0.25, 0.3) is 11.3 Å². The van der Waals surface area contributed by atoms with Crippen LogP contribution in [0.1, 0.15) is 6.42 Å². The first-order valence-electron chi connectivity index (χ1n) is 7.74. The Morgan fingerprint density at radius 1 is 1.09 bits per heavy atom. The summed E-state index contributed by atoms with van der Waals surface area (Å²) >= 11 is 5.64. The first-order chi connectivity index (χ1) is 11.3. The van der Waals surface area contributed by atoms with Gasteiger partial charge in [0.15, 0.2) is 0 Å². The molecule has 6 heteroatoms. The second kappa shape index (κ2) is 7.42. The standard InChI is InChI=1S/C17H19ClN4O/c18-7-6-17(23)22-10-8-21(9-11-22)16-12-15(19-13-20-16)14-4-2-1-3-5-14/h1-5,12-13H,6-11H2. The highest BCUT2D eigenvalue weighted by Crippen LogP contribution is 2.21. The van der Waals surface area contributed by atoms with E-state index in [9.17, 15) is 4.79 Å². The fourth-order valence-electron chi connectivity index (χ4n) is 2.71. The van der Waals surface area contributed by atoms with Gasteiger partial charge in [0.25, 0.3) is 0 Å². The second-order valence-electron chi connectivity index (χ2n) is 5.43. The summed E-state index contributed by atoms with van der Waals surface area (Å²) in [5, 5.41) is 0. The van der Waals surface area contributed by atoms with Gasteiger partial charge >= 0.3 is 0 Å². The highest BCUT2D eigenvalue weighted by atomic mass is 35.5. The Balaban J connectivity index is 1.68. The molecule has 2 heterocycles. The lowest BCUT2D eigenvalue weighted by atomic mass is 10.1. The van der Waals surface area contributed by atoms with Crippen LogP contribution in [0.3, 0.4) is 0 Å². The van der Waals surface area contributed by atoms with Crippen LogP contribution in [0.5, 0.6) is 0 Å². The number of benzene rings is 1. The molecule has 1 aliphatic rings. The van der Waals surface area contributed by atoms with Crippen LogP contribution in [-0.2, 0) is 4.79 Å². The number of alkyl halides is 1. The van der Waals surface area contributed by atoms with Gasteiger partial charge in [0, 0.05) is 50.1 Å². The molecule has 1 aliphatic heterocycles. The van der Waals surface area contributed by atoms with Gasteiger partial charge < -0.3 is 9.80 Å². The molecule has 0 saturated carbocycles. The van der Waals surface area contributed by atoms with Crippen molar-refractivity contribution in [3.8, 4) is 11.3 Å². The van der Waals surface area contributed by atoms with Crippen LogP contribution in [0, 0.1) is 0 Å². The molecule has 23 heavy (non-hydrogen) atoms. The van der Waals surface area contributed by atoms with E-state index >= 15 is 0 Å². The molecule has 0 bridgehead atoms. The van der Waals surface area contributed by atoms with Gasteiger partial charge in [-0.3, -0.25) is 4.79 Å². The predicted octanol–water partition coefficient (Wildman–Crippen LogP) is 2.42. The van der Waals surface area contributed by atoms with Crippen molar-refractivity contribution in [1.82, 2.24) is 14.9 Å². The summed E-state index contributed by atoms with van der Waals surface area (Å²) in [4.78, 5) is 24.7. The number of anilines is 1. The van der Waals surface area contributed by atoms with Crippen LogP contribution < -0.4 is 4.90 Å². The van der Waals surface area contributed by atoms with E-state index in [1.165, 1.54) is 0 Å². The van der Waals surface area contributed by atoms with Gasteiger partial charge in [0.2, 0.25) is 5.91 Å². The lowest BCUT2D eigenvalue weighted by Gasteiger charge is -2.35. The molecule has 1 aromatic heterocycles. The first kappa shape index (κ1) is 15.7. The Kier molecular flexibility index (Phi) is 5.08. The minimum absolute atomic E-state index is 0.132. The molecule has 5 nitrogen and oxygen atoms in total. The molecule has 0 spiro atoms. The van der Waals surface area contributed by atoms with Crippen molar-refractivity contribution < 1.29 is 4.79 Å². The van der Waals surface area contributed by atoms with Gasteiger partial charge in [-0.05, 0) is 0 Å². The smallest absolute Gasteiger partial charge is 0.223 e. The van der Waals surface area contributed by atoms with Crippen LogP contribution >= 0.6 is 11.6 Å². The summed E-state index contributed by atoms with van der Waals surface area (Å²) in [6.45, 7) is 2.97. The highest BCUT2D eigenvalue weighted by molar-refractivity contribution is 6.18. The summed E-state index contributed by atoms with van der Waals surface area (Å²) in [6, 6.07) is 12.1. The van der Waals surface area contributed by atoms with Gasteiger partial charge in [-0.1, -0.05) is 30.3 Å². The maximum absolute atomic E-state index is 11.9. The van der Waals surface area contributed by atoms with Crippen molar-refractivity contribution >= 4 is 23.3 Å². The number of carbonyl (C=O) groups excluding carboxylic acids is 1. The SMILES string of the molecule is O=C(CCCl)N1CCN(c2cc(-c3ccccc3)ncn2)CC1. The number of rotatable bonds is 4. The fourth-order valence-corrected chi connectivity index (χ4v) is 2.87. The monoisotopic (exact) mass is 330 g/mol. The topological polar surface area (TPSA) is 49.3 Å². The second-order valence-corrected chi connectivity index (χ2v) is 5.81. The number of piperazine rings is 1. The van der Waals surface area contributed by atoms with Gasteiger partial charge in [-0.15, -0.1) is 11.6 Å². The fraction of sp³-hybridized carbons (Fsp3) is 0.353. The van der Waals surface area contributed by atoms with E-state index in [-0.39, 0.29) is 5.91 Å². The highest BCUT2D eigenvalue weighted by Gasteiger charge is 2.21. The molecule has 1 aromatic carbocycles. The third-order valence-corrected chi connectivity index (χ3v) is 4.18. The zero-order valence-corrected chi connectivity index (χ0v) is 13.6. The van der Waals surface area contributed by atoms with E-state index in [1.54, 1.807) is 6.33 Å². The summed E-state index contributed by atoms with van der Waals surface area (Å²) < 4.78 is 0. The molecule has 0 unspecified atom stereocenters. The summed E-state index contributed by atoms with van der Waals surface area (Å²) in [5.41, 5.74) is 1.99. The van der Waals surface area contributed by atoms with Crippen molar-refractivity contribution in [2.24, 2.45) is 0 Å². The third kappa shape index (κ3) is 3.79. The molecule has 1 amide bonds. The number of aromatic nitrogens is 2. The zero-order valence-electron chi connectivity index (χ0n) is 12.9. The van der Waals surface area contributed by atoms with Gasteiger partial charge in [0.05, 0.1) is 5.69 Å². The predicted molar refractivity (Wildman–Crippen MR) is 91.6 cm³/mol. The molecule has 0 radical (unpaired) electrons. The van der Waals surface area contributed by atoms with Gasteiger partial charge in [0.1, 0.15) is 12.1 Å². The normalized spacial score (nSPS) is 14.8. The molecular weight excluding hydrogens is 312 g/mol. The number of hydrogen-bond donors (Lipinski definition) is 0. The van der Waals surface area contributed by atoms with E-state index in [2.05, 4.69) is 14.9 Å². The molecular formula is C17H19ClN4O. The molecule has 0 atom stereocenters. The van der Waals surface area contributed by atoms with Crippen LogP contribution in [0.15, 0.2) is 42.7 Å². The minimum Gasteiger partial charge on any atom is -0.353 e. The average molecular weight is 331 g/mol. The Hall–Kier alpha value is -2.14. The molecule has 1 fully saturated rings. The number of hydrogen-bond acceptors (Lipinski definition) is 4. The van der Waals surface area contributed by atoms with Crippen LogP contribution in [-0.4, -0.2) is 52.8 Å². The lowest BCUT2D eigenvalue weighted by molar-refractivity contribution is -0.131. The molecule has 1 saturated heterocycles. The number of nitrogens with zero attached hydrogens (tertiary/aromatic N) is 4. The Morgan fingerprint density at radius 3 is 2.52 bits per heavy atom. The molecule has 0 N–H and O–H groups in total. The largest absolute Gasteiger partial charge is 0.353 e. The van der Waals surface area contributed by atoms with E-state index in [0.717, 1.165) is 30.2 Å². The van der Waals surface area contributed by atoms with E-state index in [4.69, 9.17) is 11.6 Å². The number of amides is 1. The summed E-state index contributed by atoms with van der Waals surface area (Å²) in [5.74, 6) is 1.42. The summed E-state index contributed by atoms with van der Waals surface area (Å²) in [7, 11) is 0. The molecule has 120 valence electrons. The maximum Gasteiger partial charge on any atom is 0.223 e. The minimum atomic E-state index is 0.132. The number of halogens is 1. The van der Waals surface area contributed by atoms with Crippen molar-refractivity contribution in [3.63, 3.8) is 0 Å². The number of carbonyl (C=O) groups is 1. The third-order valence-electron chi connectivity index (χ3n) is 3.99. The zero-order chi connectivity index (χ0) is 16.1. The molecule has 3 rings (SSSR count). The Labute approximate surface area is 140 Å². The van der Waals surface area contributed by atoms with Gasteiger partial charge in [-0.25, -0.2) is 9.97 Å². The van der Waals surface area contributed by atoms with E-state index < -0.39 is 0 Å². The maximum atomic E-state index is 11.9. The van der Waals surface area contributed by atoms with E-state index in [0.29, 0.717) is 25.4 Å². The van der Waals surface area contributed by atoms with Crippen LogP contribution in [0.2, 0.25) is 0 Å². The Morgan fingerprint density at radius 2 is 1.83 bits per heavy atom. The quantitative estimate of drug-likeness (QED) is 0.808. The van der Waals surface area contributed by atoms with Crippen molar-refractivity contribution in [3.05, 3.63) is 42.7 Å². The van der Waals surface area contributed by atoms with Crippen LogP contribution in [0.4, 0.5) is 5.82 Å². The van der Waals surface area contributed by atoms with Crippen molar-refractivity contribution in [1.29, 1.82) is 0 Å². The lowest BCUT2D eigenvalue weighted by Crippen LogP contribution is -2.49. The van der Waals surface area contributed by atoms with Crippen molar-refractivity contribution in [2.75, 3.05) is 37.0 Å². The average Bonchev–Trinajstić information content (AvgIpc) is 2.63. The molecule has 2 aromatic rings. The van der Waals surface area contributed by atoms with E-state index in [1.807, 2.05) is 41.3 Å². The van der Waals surface area contributed by atoms with Crippen molar-refractivity contribution in [2.45, 2.75) is 6.42 Å². The molecule has 0 aliphatic carbocycles.